The van der Waals surface area contributed by atoms with Crippen LogP contribution in [-0.4, -0.2) is 106 Å². The zero-order valence-electron chi connectivity index (χ0n) is 40.9. The Labute approximate surface area is 405 Å². The van der Waals surface area contributed by atoms with Crippen molar-refractivity contribution in [3.05, 3.63) is 107 Å². The molecule has 7 aromatic rings. The summed E-state index contributed by atoms with van der Waals surface area (Å²) in [6.45, 7) is 14.2. The van der Waals surface area contributed by atoms with E-state index in [0.717, 1.165) is 5.69 Å². The number of anilines is 3. The monoisotopic (exact) mass is 959 g/mol. The van der Waals surface area contributed by atoms with Gasteiger partial charge < -0.3 is 40.7 Å². The predicted molar refractivity (Wildman–Crippen MR) is 269 cm³/mol. The van der Waals surface area contributed by atoms with Crippen LogP contribution in [0.5, 0.6) is 11.5 Å². The van der Waals surface area contributed by atoms with Gasteiger partial charge in [-0.25, -0.2) is 9.97 Å². The number of primary amides is 2. The standard InChI is InChI=1S/C46H56N16O6.C2H6/c1-7-61-35(20-28(3)56-61)43(65)54-45-52-33-22-30(41(47)63)24-37(67-18-12-11-15-58-27-32(50-6)26-51-58)39(33)59(45)16-9-10-17-60-40-34(23-31(42(48)64)25-38(40)68-19-13-14-49-5)53-46(60)55-44(66)36-21-29(4)57-62(36)8-2;1-2/h9-12,20-27,49-50H,7-8,13-19H2,1-6H3,(H2,47,63)(H2,48,64)(H,52,54,65)(H,53,55,66);1-2H3/b10-9+,12-11+;. The van der Waals surface area contributed by atoms with Gasteiger partial charge in [0.1, 0.15) is 40.5 Å². The maximum Gasteiger partial charge on any atom is 0.276 e. The first kappa shape index (κ1) is 51.1. The number of nitrogens with zero attached hydrogens (tertiary/aromatic N) is 10. The van der Waals surface area contributed by atoms with E-state index in [-0.39, 0.29) is 42.7 Å². The maximum atomic E-state index is 13.9. The number of aromatic nitrogens is 10. The summed E-state index contributed by atoms with van der Waals surface area (Å²) < 4.78 is 21.1. The van der Waals surface area contributed by atoms with E-state index in [1.54, 1.807) is 79.6 Å². The first-order valence-corrected chi connectivity index (χ1v) is 23.1. The number of amides is 4. The molecule has 0 saturated heterocycles. The molecule has 22 heteroatoms. The highest BCUT2D eigenvalue weighted by atomic mass is 16.5. The number of aryl methyl sites for hydroxylation is 4. The molecule has 0 spiro atoms. The number of fused-ring (bicyclic) bond motifs is 2. The summed E-state index contributed by atoms with van der Waals surface area (Å²) in [5.74, 6) is -1.25. The summed E-state index contributed by atoms with van der Waals surface area (Å²) >= 11 is 0. The van der Waals surface area contributed by atoms with Crippen molar-refractivity contribution in [2.75, 3.05) is 49.8 Å². The summed E-state index contributed by atoms with van der Waals surface area (Å²) in [5, 5.41) is 25.3. The quantitative estimate of drug-likeness (QED) is 0.0352. The van der Waals surface area contributed by atoms with Crippen LogP contribution in [0.3, 0.4) is 0 Å². The zero-order chi connectivity index (χ0) is 50.5. The van der Waals surface area contributed by atoms with Gasteiger partial charge in [0.25, 0.3) is 11.8 Å². The van der Waals surface area contributed by atoms with Gasteiger partial charge in [0.05, 0.1) is 47.5 Å². The molecule has 0 unspecified atom stereocenters. The molecule has 22 nitrogen and oxygen atoms in total. The number of nitrogens with one attached hydrogen (secondary N) is 4. The van der Waals surface area contributed by atoms with Crippen molar-refractivity contribution in [3.8, 4) is 11.5 Å². The highest BCUT2D eigenvalue weighted by molar-refractivity contribution is 6.05. The molecule has 8 N–H and O–H groups in total. The molecular weight excluding hydrogens is 897 g/mol. The first-order chi connectivity index (χ1) is 33.8. The van der Waals surface area contributed by atoms with Crippen LogP contribution in [0.25, 0.3) is 22.1 Å². The number of rotatable bonds is 23. The number of carbonyl (C=O) groups excluding carboxylic acids is 4. The van der Waals surface area contributed by atoms with Crippen LogP contribution in [0.2, 0.25) is 0 Å². The summed E-state index contributed by atoms with van der Waals surface area (Å²) in [7, 11) is 3.66. The molecule has 5 aromatic heterocycles. The van der Waals surface area contributed by atoms with Crippen LogP contribution in [0, 0.1) is 13.8 Å². The molecular formula is C48H62N16O6. The Kier molecular flexibility index (Phi) is 17.3. The first-order valence-electron chi connectivity index (χ1n) is 23.1. The van der Waals surface area contributed by atoms with Crippen molar-refractivity contribution in [2.45, 2.75) is 80.7 Å². The summed E-state index contributed by atoms with van der Waals surface area (Å²) in [6, 6.07) is 9.60. The number of carbonyl (C=O) groups is 4. The second-order valence-electron chi connectivity index (χ2n) is 15.6. The van der Waals surface area contributed by atoms with Gasteiger partial charge in [0.15, 0.2) is 0 Å². The van der Waals surface area contributed by atoms with E-state index in [2.05, 4.69) is 36.6 Å². The Morgan fingerprint density at radius 1 is 0.686 bits per heavy atom. The van der Waals surface area contributed by atoms with Crippen molar-refractivity contribution in [1.82, 2.24) is 53.8 Å². The number of allylic oxidation sites excluding steroid dienone is 3. The Morgan fingerprint density at radius 2 is 1.19 bits per heavy atom. The van der Waals surface area contributed by atoms with Crippen molar-refractivity contribution in [1.29, 1.82) is 0 Å². The third kappa shape index (κ3) is 11.9. The molecule has 0 atom stereocenters. The molecule has 0 radical (unpaired) electrons. The summed E-state index contributed by atoms with van der Waals surface area (Å²) in [6.07, 6.45) is 11.7. The van der Waals surface area contributed by atoms with E-state index < -0.39 is 23.6 Å². The van der Waals surface area contributed by atoms with Crippen LogP contribution >= 0.6 is 0 Å². The second kappa shape index (κ2) is 23.6. The van der Waals surface area contributed by atoms with Crippen LogP contribution in [0.15, 0.2) is 73.1 Å². The number of ether oxygens (including phenoxy) is 2. The van der Waals surface area contributed by atoms with Crippen LogP contribution in [0.1, 0.15) is 87.2 Å². The number of nitrogens with two attached hydrogens (primary N) is 2. The van der Waals surface area contributed by atoms with Gasteiger partial charge in [-0.3, -0.25) is 43.9 Å². The van der Waals surface area contributed by atoms with Gasteiger partial charge in [0.2, 0.25) is 23.7 Å². The Morgan fingerprint density at radius 3 is 1.64 bits per heavy atom. The molecule has 4 amide bonds. The predicted octanol–water partition coefficient (Wildman–Crippen LogP) is 5.28. The number of benzene rings is 2. The fourth-order valence-electron chi connectivity index (χ4n) is 7.55. The summed E-state index contributed by atoms with van der Waals surface area (Å²) in [4.78, 5) is 62.4. The number of imidazole rings is 2. The molecule has 7 rings (SSSR count). The normalized spacial score (nSPS) is 11.4. The third-order valence-electron chi connectivity index (χ3n) is 10.8. The van der Waals surface area contributed by atoms with Gasteiger partial charge in [0, 0.05) is 50.6 Å². The van der Waals surface area contributed by atoms with Crippen molar-refractivity contribution in [3.63, 3.8) is 0 Å². The van der Waals surface area contributed by atoms with Crippen LogP contribution in [-0.2, 0) is 32.7 Å². The molecule has 0 aliphatic carbocycles. The van der Waals surface area contributed by atoms with E-state index >= 15 is 0 Å². The van der Waals surface area contributed by atoms with Gasteiger partial charge in [-0.1, -0.05) is 32.1 Å². The molecule has 0 fully saturated rings. The molecule has 0 bridgehead atoms. The Balaban J connectivity index is 0.00000397. The van der Waals surface area contributed by atoms with Gasteiger partial charge in [-0.05, 0) is 90.2 Å². The highest BCUT2D eigenvalue weighted by Crippen LogP contribution is 2.33. The van der Waals surface area contributed by atoms with Crippen LogP contribution < -0.4 is 42.2 Å². The lowest BCUT2D eigenvalue weighted by molar-refractivity contribution is 0.0991. The Bertz CT molecular complexity index is 3040. The van der Waals surface area contributed by atoms with Crippen molar-refractivity contribution in [2.24, 2.45) is 11.5 Å². The molecule has 0 saturated carbocycles. The highest BCUT2D eigenvalue weighted by Gasteiger charge is 2.24. The Hall–Kier alpha value is -8.27. The van der Waals surface area contributed by atoms with E-state index in [1.165, 1.54) is 0 Å². The van der Waals surface area contributed by atoms with Gasteiger partial charge in [-0.2, -0.15) is 15.3 Å². The zero-order valence-corrected chi connectivity index (χ0v) is 40.9. The smallest absolute Gasteiger partial charge is 0.276 e. The maximum absolute atomic E-state index is 13.9. The number of hydrogen-bond acceptors (Lipinski definition) is 13. The van der Waals surface area contributed by atoms with Crippen LogP contribution in [0.4, 0.5) is 17.6 Å². The fourth-order valence-corrected chi connectivity index (χ4v) is 7.55. The van der Waals surface area contributed by atoms with Gasteiger partial charge in [-0.15, -0.1) is 0 Å². The molecule has 5 heterocycles. The lowest BCUT2D eigenvalue weighted by Crippen LogP contribution is -2.20. The molecule has 370 valence electrons. The lowest BCUT2D eigenvalue weighted by atomic mass is 10.1. The molecule has 0 aliphatic rings. The summed E-state index contributed by atoms with van der Waals surface area (Å²) in [5.41, 5.74) is 16.5. The number of hydrogen-bond donors (Lipinski definition) is 6. The third-order valence-corrected chi connectivity index (χ3v) is 10.8. The topological polar surface area (TPSA) is 276 Å². The molecule has 2 aromatic carbocycles. The second-order valence-corrected chi connectivity index (χ2v) is 15.6. The van der Waals surface area contributed by atoms with E-state index in [1.807, 2.05) is 72.3 Å². The van der Waals surface area contributed by atoms with E-state index in [0.29, 0.717) is 95.5 Å². The lowest BCUT2D eigenvalue weighted by Gasteiger charge is -2.13. The molecule has 0 aliphatic heterocycles. The largest absolute Gasteiger partial charge is 0.491 e. The van der Waals surface area contributed by atoms with E-state index in [4.69, 9.17) is 30.9 Å². The van der Waals surface area contributed by atoms with Crippen molar-refractivity contribution >= 4 is 63.3 Å². The van der Waals surface area contributed by atoms with E-state index in [9.17, 15) is 19.2 Å². The minimum Gasteiger partial charge on any atom is -0.491 e. The average Bonchev–Trinajstić information content (AvgIpc) is 4.19. The fraction of sp³-hybridized carbons (Fsp3) is 0.354. The molecule has 70 heavy (non-hydrogen) atoms. The van der Waals surface area contributed by atoms with Crippen molar-refractivity contribution < 1.29 is 28.7 Å². The average molecular weight is 959 g/mol. The van der Waals surface area contributed by atoms with Gasteiger partial charge >= 0.3 is 0 Å². The SMILES string of the molecule is CC.CCn1nc(C)cc1C(=O)Nc1nc2cc(C(N)=O)cc(OC/C=C/Cn3cc(NC)cn3)c2n1C/C=C/Cn1c(NC(=O)c2cc(C)nn2CC)nc2cc(C(N)=O)cc(OCCCNC)c21. The minimum absolute atomic E-state index is 0.118. The minimum atomic E-state index is -0.688.